The number of rotatable bonds is 6. The monoisotopic (exact) mass is 207 g/mol. The average molecular weight is 207 g/mol. The lowest BCUT2D eigenvalue weighted by Gasteiger charge is -2.22. The molecule has 84 valence electrons. The van der Waals surface area contributed by atoms with E-state index in [1.54, 1.807) is 0 Å². The van der Waals surface area contributed by atoms with Crippen molar-refractivity contribution in [3.8, 4) is 0 Å². The lowest BCUT2D eigenvalue weighted by atomic mass is 9.89. The predicted octanol–water partition coefficient (Wildman–Crippen LogP) is 1.96. The lowest BCUT2D eigenvalue weighted by molar-refractivity contribution is 0.239. The highest BCUT2D eigenvalue weighted by Gasteiger charge is 2.15. The Balaban J connectivity index is 2.58. The molecule has 0 fully saturated rings. The quantitative estimate of drug-likeness (QED) is 0.749. The number of nitrogens with two attached hydrogens (primary N) is 1. The molecular formula is C13H21NO. The molecule has 0 aliphatic rings. The van der Waals surface area contributed by atoms with Gasteiger partial charge in [-0.3, -0.25) is 0 Å². The van der Waals surface area contributed by atoms with Gasteiger partial charge in [-0.05, 0) is 30.7 Å². The molecule has 1 aromatic carbocycles. The van der Waals surface area contributed by atoms with Gasteiger partial charge in [0.2, 0.25) is 0 Å². The maximum absolute atomic E-state index is 9.00. The molecule has 0 aliphatic carbocycles. The van der Waals surface area contributed by atoms with Crippen LogP contribution in [0.2, 0.25) is 0 Å². The van der Waals surface area contributed by atoms with Crippen molar-refractivity contribution >= 4 is 0 Å². The van der Waals surface area contributed by atoms with Crippen molar-refractivity contribution in [2.24, 2.45) is 11.7 Å². The topological polar surface area (TPSA) is 46.2 Å². The number of benzene rings is 1. The molecule has 0 saturated heterocycles. The lowest BCUT2D eigenvalue weighted by Crippen LogP contribution is -2.31. The van der Waals surface area contributed by atoms with Gasteiger partial charge in [0, 0.05) is 12.6 Å². The molecule has 0 bridgehead atoms. The molecule has 2 atom stereocenters. The average Bonchev–Trinajstić information content (AvgIpc) is 2.29. The summed E-state index contributed by atoms with van der Waals surface area (Å²) >= 11 is 0. The molecule has 0 saturated carbocycles. The van der Waals surface area contributed by atoms with Crippen molar-refractivity contribution in [1.82, 2.24) is 0 Å². The Bertz CT molecular complexity index is 260. The van der Waals surface area contributed by atoms with Crippen molar-refractivity contribution < 1.29 is 5.11 Å². The Kier molecular flexibility index (Phi) is 5.37. The Morgan fingerprint density at radius 1 is 1.27 bits per heavy atom. The fraction of sp³-hybridized carbons (Fsp3) is 0.538. The van der Waals surface area contributed by atoms with Gasteiger partial charge in [-0.1, -0.05) is 37.3 Å². The van der Waals surface area contributed by atoms with E-state index in [-0.39, 0.29) is 12.6 Å². The standard InChI is InChI=1S/C13H21NO/c1-2-13(14)12(8-9-15)10-11-6-4-3-5-7-11/h3-7,12-13,15H,2,8-10,14H2,1H3. The molecular weight excluding hydrogens is 186 g/mol. The zero-order valence-corrected chi connectivity index (χ0v) is 9.39. The minimum Gasteiger partial charge on any atom is -0.396 e. The first-order valence-electron chi connectivity index (χ1n) is 5.68. The third-order valence-electron chi connectivity index (χ3n) is 2.92. The van der Waals surface area contributed by atoms with Gasteiger partial charge < -0.3 is 10.8 Å². The van der Waals surface area contributed by atoms with Crippen molar-refractivity contribution in [1.29, 1.82) is 0 Å². The summed E-state index contributed by atoms with van der Waals surface area (Å²) < 4.78 is 0. The van der Waals surface area contributed by atoms with E-state index in [4.69, 9.17) is 10.8 Å². The van der Waals surface area contributed by atoms with Gasteiger partial charge in [-0.2, -0.15) is 0 Å². The summed E-state index contributed by atoms with van der Waals surface area (Å²) in [6.07, 6.45) is 2.73. The Labute approximate surface area is 92.1 Å². The molecule has 2 unspecified atom stereocenters. The van der Waals surface area contributed by atoms with Gasteiger partial charge in [-0.25, -0.2) is 0 Å². The van der Waals surface area contributed by atoms with Crippen molar-refractivity contribution in [2.45, 2.75) is 32.2 Å². The molecule has 0 aliphatic heterocycles. The minimum atomic E-state index is 0.192. The third kappa shape index (κ3) is 4.02. The molecule has 0 aromatic heterocycles. The first-order chi connectivity index (χ1) is 7.27. The molecule has 15 heavy (non-hydrogen) atoms. The second kappa shape index (κ2) is 6.59. The molecule has 2 heteroatoms. The normalized spacial score (nSPS) is 14.9. The fourth-order valence-corrected chi connectivity index (χ4v) is 1.88. The van der Waals surface area contributed by atoms with Gasteiger partial charge in [-0.15, -0.1) is 0 Å². The van der Waals surface area contributed by atoms with E-state index in [2.05, 4.69) is 19.1 Å². The highest BCUT2D eigenvalue weighted by Crippen LogP contribution is 2.16. The Morgan fingerprint density at radius 3 is 2.47 bits per heavy atom. The summed E-state index contributed by atoms with van der Waals surface area (Å²) in [7, 11) is 0. The first kappa shape index (κ1) is 12.2. The molecule has 2 nitrogen and oxygen atoms in total. The SMILES string of the molecule is CCC(N)C(CCO)Cc1ccccc1. The molecule has 0 amide bonds. The largest absolute Gasteiger partial charge is 0.396 e. The summed E-state index contributed by atoms with van der Waals surface area (Å²) in [6.45, 7) is 2.32. The van der Waals surface area contributed by atoms with Gasteiger partial charge in [0.15, 0.2) is 0 Å². The van der Waals surface area contributed by atoms with E-state index in [0.29, 0.717) is 5.92 Å². The summed E-state index contributed by atoms with van der Waals surface area (Å²) in [5.41, 5.74) is 7.35. The zero-order valence-electron chi connectivity index (χ0n) is 9.39. The van der Waals surface area contributed by atoms with E-state index in [0.717, 1.165) is 19.3 Å². The maximum atomic E-state index is 9.00. The highest BCUT2D eigenvalue weighted by atomic mass is 16.3. The minimum absolute atomic E-state index is 0.192. The van der Waals surface area contributed by atoms with Crippen LogP contribution in [0.4, 0.5) is 0 Å². The Morgan fingerprint density at radius 2 is 1.93 bits per heavy atom. The molecule has 0 heterocycles. The Hall–Kier alpha value is -0.860. The van der Waals surface area contributed by atoms with Crippen LogP contribution >= 0.6 is 0 Å². The second-order valence-electron chi connectivity index (χ2n) is 4.03. The zero-order chi connectivity index (χ0) is 11.1. The number of aliphatic hydroxyl groups excluding tert-OH is 1. The van der Waals surface area contributed by atoms with Gasteiger partial charge >= 0.3 is 0 Å². The maximum Gasteiger partial charge on any atom is 0.0434 e. The summed E-state index contributed by atoms with van der Waals surface area (Å²) in [5, 5.41) is 9.00. The van der Waals surface area contributed by atoms with Crippen LogP contribution in [0.5, 0.6) is 0 Å². The summed E-state index contributed by atoms with van der Waals surface area (Å²) in [6, 6.07) is 10.5. The van der Waals surface area contributed by atoms with Gasteiger partial charge in [0.05, 0.1) is 0 Å². The van der Waals surface area contributed by atoms with E-state index in [1.807, 2.05) is 18.2 Å². The number of aliphatic hydroxyl groups is 1. The van der Waals surface area contributed by atoms with E-state index >= 15 is 0 Å². The number of hydrogen-bond acceptors (Lipinski definition) is 2. The van der Waals surface area contributed by atoms with Crippen molar-refractivity contribution in [3.05, 3.63) is 35.9 Å². The van der Waals surface area contributed by atoms with Crippen LogP contribution in [0.3, 0.4) is 0 Å². The van der Waals surface area contributed by atoms with Crippen LogP contribution in [-0.4, -0.2) is 17.8 Å². The first-order valence-corrected chi connectivity index (χ1v) is 5.68. The van der Waals surface area contributed by atoms with Crippen LogP contribution in [0.1, 0.15) is 25.3 Å². The van der Waals surface area contributed by atoms with Gasteiger partial charge in [0.1, 0.15) is 0 Å². The molecule has 3 N–H and O–H groups in total. The van der Waals surface area contributed by atoms with Crippen LogP contribution in [-0.2, 0) is 6.42 Å². The second-order valence-corrected chi connectivity index (χ2v) is 4.03. The van der Waals surface area contributed by atoms with E-state index in [9.17, 15) is 0 Å². The van der Waals surface area contributed by atoms with Crippen LogP contribution in [0, 0.1) is 5.92 Å². The van der Waals surface area contributed by atoms with Gasteiger partial charge in [0.25, 0.3) is 0 Å². The summed E-state index contributed by atoms with van der Waals surface area (Å²) in [4.78, 5) is 0. The fourth-order valence-electron chi connectivity index (χ4n) is 1.88. The third-order valence-corrected chi connectivity index (χ3v) is 2.92. The number of hydrogen-bond donors (Lipinski definition) is 2. The molecule has 1 rings (SSSR count). The smallest absolute Gasteiger partial charge is 0.0434 e. The molecule has 0 spiro atoms. The van der Waals surface area contributed by atoms with E-state index in [1.165, 1.54) is 5.56 Å². The molecule has 0 radical (unpaired) electrons. The van der Waals surface area contributed by atoms with Crippen LogP contribution in [0.25, 0.3) is 0 Å². The molecule has 1 aromatic rings. The summed E-state index contributed by atoms with van der Waals surface area (Å²) in [5.74, 6) is 0.391. The van der Waals surface area contributed by atoms with Crippen LogP contribution in [0.15, 0.2) is 30.3 Å². The highest BCUT2D eigenvalue weighted by molar-refractivity contribution is 5.15. The van der Waals surface area contributed by atoms with E-state index < -0.39 is 0 Å². The van der Waals surface area contributed by atoms with Crippen molar-refractivity contribution in [2.75, 3.05) is 6.61 Å². The van der Waals surface area contributed by atoms with Crippen molar-refractivity contribution in [3.63, 3.8) is 0 Å². The predicted molar refractivity (Wildman–Crippen MR) is 63.6 cm³/mol. The van der Waals surface area contributed by atoms with Crippen LogP contribution < -0.4 is 5.73 Å².